The van der Waals surface area contributed by atoms with Crippen LogP contribution in [0.5, 0.6) is 11.5 Å². The van der Waals surface area contributed by atoms with Gasteiger partial charge in [-0.25, -0.2) is 13.4 Å². The monoisotopic (exact) mass is 486 g/mol. The van der Waals surface area contributed by atoms with E-state index in [4.69, 9.17) is 9.47 Å². The smallest absolute Gasteiger partial charge is 0.253 e. The molecule has 0 fully saturated rings. The van der Waals surface area contributed by atoms with Crippen molar-refractivity contribution in [2.75, 3.05) is 24.9 Å². The van der Waals surface area contributed by atoms with Crippen molar-refractivity contribution in [3.8, 4) is 22.8 Å². The van der Waals surface area contributed by atoms with Gasteiger partial charge in [0.15, 0.2) is 0 Å². The fraction of sp³-hybridized carbons (Fsp3) is 0.318. The highest BCUT2D eigenvalue weighted by Crippen LogP contribution is 2.34. The summed E-state index contributed by atoms with van der Waals surface area (Å²) in [7, 11) is -0.253. The molecule has 2 heterocycles. The lowest BCUT2D eigenvalue weighted by Crippen LogP contribution is -2.36. The zero-order chi connectivity index (χ0) is 24.5. The zero-order valence-corrected chi connectivity index (χ0v) is 20.1. The van der Waals surface area contributed by atoms with Crippen molar-refractivity contribution in [3.63, 3.8) is 0 Å². The Hall–Kier alpha value is -3.64. The number of hydrogen-bond donors (Lipinski definition) is 1. The number of benzene rings is 2. The third kappa shape index (κ3) is 4.41. The van der Waals surface area contributed by atoms with E-state index < -0.39 is 16.4 Å². The van der Waals surface area contributed by atoms with Gasteiger partial charge in [-0.15, -0.1) is 0 Å². The minimum atomic E-state index is -3.44. The third-order valence-electron chi connectivity index (χ3n) is 5.46. The molecule has 0 spiro atoms. The van der Waals surface area contributed by atoms with Crippen molar-refractivity contribution in [2.24, 2.45) is 10.4 Å². The number of aromatic nitrogens is 2. The number of rotatable bonds is 8. The van der Waals surface area contributed by atoms with Gasteiger partial charge in [0.05, 0.1) is 29.8 Å². The maximum absolute atomic E-state index is 12.0. The molecule has 180 valence electrons. The van der Waals surface area contributed by atoms with Crippen LogP contribution in [0.1, 0.15) is 18.1 Å². The van der Waals surface area contributed by atoms with Gasteiger partial charge in [-0.05, 0) is 66.3 Å². The Morgan fingerprint density at radius 1 is 1.12 bits per heavy atom. The van der Waals surface area contributed by atoms with Crippen LogP contribution in [0.4, 0.5) is 5.69 Å². The number of nitrogens with zero attached hydrogens (tertiary/aromatic N) is 6. The maximum atomic E-state index is 12.0. The minimum absolute atomic E-state index is 0.0308. The molecule has 0 saturated heterocycles. The molecule has 1 atom stereocenters. The molecule has 0 bridgehead atoms. The molecule has 0 radical (unpaired) electrons. The zero-order valence-electron chi connectivity index (χ0n) is 19.3. The van der Waals surface area contributed by atoms with E-state index in [1.807, 2.05) is 31.2 Å². The molecule has 1 N–H and O–H groups in total. The van der Waals surface area contributed by atoms with E-state index in [0.29, 0.717) is 28.4 Å². The topological polar surface area (TPSA) is 122 Å². The number of hydrogen-bond acceptors (Lipinski definition) is 10. The lowest BCUT2D eigenvalue weighted by Gasteiger charge is -2.24. The normalized spacial score (nSPS) is 15.7. The van der Waals surface area contributed by atoms with Gasteiger partial charge in [-0.1, -0.05) is 6.07 Å². The second-order valence-corrected chi connectivity index (χ2v) is 9.76. The van der Waals surface area contributed by atoms with E-state index in [2.05, 4.69) is 15.5 Å². The molecule has 34 heavy (non-hydrogen) atoms. The van der Waals surface area contributed by atoms with Gasteiger partial charge in [0.25, 0.3) is 10.0 Å². The van der Waals surface area contributed by atoms with Crippen LogP contribution >= 0.6 is 0 Å². The SMILES string of the molecule is CCS(=O)(=O)n1ccc(-c2ccc(OCc3c(OC)cccc3N3N=NN(C)C3O)c(C)c2)n1. The Balaban J connectivity index is 1.57. The second kappa shape index (κ2) is 9.31. The van der Waals surface area contributed by atoms with Gasteiger partial charge >= 0.3 is 0 Å². The molecule has 0 amide bonds. The summed E-state index contributed by atoms with van der Waals surface area (Å²) in [6, 6.07) is 12.6. The summed E-state index contributed by atoms with van der Waals surface area (Å²) in [5, 5.41) is 25.2. The highest BCUT2D eigenvalue weighted by molar-refractivity contribution is 7.89. The average Bonchev–Trinajstić information content (AvgIpc) is 3.46. The van der Waals surface area contributed by atoms with Crippen molar-refractivity contribution < 1.29 is 23.0 Å². The Morgan fingerprint density at radius 2 is 1.91 bits per heavy atom. The Kier molecular flexibility index (Phi) is 6.44. The van der Waals surface area contributed by atoms with Gasteiger partial charge < -0.3 is 14.6 Å². The van der Waals surface area contributed by atoms with E-state index in [0.717, 1.165) is 15.2 Å². The maximum Gasteiger partial charge on any atom is 0.253 e. The molecule has 3 aromatic rings. The van der Waals surface area contributed by atoms with Crippen LogP contribution in [0.15, 0.2) is 59.1 Å². The first-order chi connectivity index (χ1) is 16.2. The van der Waals surface area contributed by atoms with Gasteiger partial charge in [0, 0.05) is 18.8 Å². The molecular formula is C22H26N6O5S. The minimum Gasteiger partial charge on any atom is -0.496 e. The van der Waals surface area contributed by atoms with Crippen LogP contribution in [-0.2, 0) is 16.6 Å². The lowest BCUT2D eigenvalue weighted by atomic mass is 10.1. The Bertz CT molecular complexity index is 1320. The summed E-state index contributed by atoms with van der Waals surface area (Å²) in [5.74, 6) is 1.20. The van der Waals surface area contributed by atoms with E-state index >= 15 is 0 Å². The summed E-state index contributed by atoms with van der Waals surface area (Å²) in [6.07, 6.45) is 0.404. The first kappa shape index (κ1) is 23.5. The average molecular weight is 487 g/mol. The molecule has 1 aliphatic heterocycles. The highest BCUT2D eigenvalue weighted by atomic mass is 32.2. The van der Waals surface area contributed by atoms with E-state index in [1.54, 1.807) is 39.3 Å². The number of aryl methyl sites for hydroxylation is 1. The summed E-state index contributed by atoms with van der Waals surface area (Å²) in [5.41, 5.74) is 3.48. The number of methoxy groups -OCH3 is 1. The largest absolute Gasteiger partial charge is 0.496 e. The van der Waals surface area contributed by atoms with Crippen LogP contribution < -0.4 is 14.5 Å². The van der Waals surface area contributed by atoms with E-state index in [1.165, 1.54) is 16.2 Å². The second-order valence-electron chi connectivity index (χ2n) is 7.64. The molecule has 0 aliphatic carbocycles. The Morgan fingerprint density at radius 3 is 2.56 bits per heavy atom. The van der Waals surface area contributed by atoms with Crippen LogP contribution in [-0.4, -0.2) is 54.0 Å². The lowest BCUT2D eigenvalue weighted by molar-refractivity contribution is 0.0456. The number of aliphatic hydroxyl groups is 1. The summed E-state index contributed by atoms with van der Waals surface area (Å²) in [4.78, 5) is 0. The van der Waals surface area contributed by atoms with E-state index in [-0.39, 0.29) is 12.4 Å². The van der Waals surface area contributed by atoms with Gasteiger partial charge in [0.1, 0.15) is 18.1 Å². The standard InChI is InChI=1S/C22H26N6O5S/c1-5-34(30,31)27-12-11-18(23-27)16-9-10-20(15(2)13-16)33-14-17-19(7-6-8-21(17)32-4)28-22(29)26(3)24-25-28/h6-13,22,29H,5,14H2,1-4H3. The molecule has 11 nitrogen and oxygen atoms in total. The summed E-state index contributed by atoms with van der Waals surface area (Å²) < 4.78 is 36.7. The first-order valence-corrected chi connectivity index (χ1v) is 12.2. The van der Waals surface area contributed by atoms with Crippen molar-refractivity contribution in [1.29, 1.82) is 0 Å². The quantitative estimate of drug-likeness (QED) is 0.516. The van der Waals surface area contributed by atoms with Crippen LogP contribution in [0, 0.1) is 6.92 Å². The Labute approximate surface area is 197 Å². The molecular weight excluding hydrogens is 460 g/mol. The third-order valence-corrected chi connectivity index (χ3v) is 6.97. The molecule has 1 aliphatic rings. The molecule has 12 heteroatoms. The molecule has 1 unspecified atom stereocenters. The number of ether oxygens (including phenoxy) is 2. The van der Waals surface area contributed by atoms with Crippen molar-refractivity contribution in [1.82, 2.24) is 14.2 Å². The van der Waals surface area contributed by atoms with Gasteiger partial charge in [-0.2, -0.15) is 14.2 Å². The fourth-order valence-electron chi connectivity index (χ4n) is 3.50. The van der Waals surface area contributed by atoms with Gasteiger partial charge in [0.2, 0.25) is 6.35 Å². The van der Waals surface area contributed by atoms with Crippen LogP contribution in [0.25, 0.3) is 11.3 Å². The van der Waals surface area contributed by atoms with Crippen LogP contribution in [0.2, 0.25) is 0 Å². The fourth-order valence-corrected chi connectivity index (χ4v) is 4.23. The van der Waals surface area contributed by atoms with Gasteiger partial charge in [-0.3, -0.25) is 0 Å². The predicted molar refractivity (Wildman–Crippen MR) is 126 cm³/mol. The predicted octanol–water partition coefficient (Wildman–Crippen LogP) is 2.95. The highest BCUT2D eigenvalue weighted by Gasteiger charge is 2.29. The van der Waals surface area contributed by atoms with Crippen molar-refractivity contribution in [2.45, 2.75) is 26.8 Å². The number of anilines is 1. The molecule has 2 aromatic carbocycles. The molecule has 0 saturated carbocycles. The summed E-state index contributed by atoms with van der Waals surface area (Å²) in [6.45, 7) is 3.63. The van der Waals surface area contributed by atoms with Crippen molar-refractivity contribution >= 4 is 15.7 Å². The first-order valence-electron chi connectivity index (χ1n) is 10.6. The molecule has 1 aromatic heterocycles. The van der Waals surface area contributed by atoms with E-state index in [9.17, 15) is 13.5 Å². The number of aliphatic hydroxyl groups excluding tert-OH is 1. The van der Waals surface area contributed by atoms with Crippen molar-refractivity contribution in [3.05, 3.63) is 59.8 Å². The summed E-state index contributed by atoms with van der Waals surface area (Å²) >= 11 is 0. The van der Waals surface area contributed by atoms with Crippen LogP contribution in [0.3, 0.4) is 0 Å². The molecule has 4 rings (SSSR count).